The SMILES string of the molecule is CCC(=O)CC[C@@H]1C(=O)[C@H](c2ccc(N(C)C)cc2)C[C@@]2(C)[C@H](O[Si](C)(C)C(C)(C)C)CC[C@@H]12. The average molecular weight is 486 g/mol. The van der Waals surface area contributed by atoms with Crippen molar-refractivity contribution in [3.8, 4) is 0 Å². The molecule has 0 heterocycles. The van der Waals surface area contributed by atoms with Crippen LogP contribution in [0.1, 0.15) is 84.6 Å². The van der Waals surface area contributed by atoms with Crippen LogP contribution in [0.5, 0.6) is 0 Å². The molecule has 4 nitrogen and oxygen atoms in total. The molecule has 2 saturated carbocycles. The third-order valence-corrected chi connectivity index (χ3v) is 13.8. The Bertz CT molecular complexity index is 886. The van der Waals surface area contributed by atoms with Crippen LogP contribution in [0.25, 0.3) is 0 Å². The van der Waals surface area contributed by atoms with Gasteiger partial charge in [0.15, 0.2) is 8.32 Å². The summed E-state index contributed by atoms with van der Waals surface area (Å²) in [6.45, 7) is 15.9. The van der Waals surface area contributed by atoms with Gasteiger partial charge in [0.1, 0.15) is 11.6 Å². The predicted octanol–water partition coefficient (Wildman–Crippen LogP) is 6.99. The zero-order chi connectivity index (χ0) is 25.5. The third-order valence-electron chi connectivity index (χ3n) is 9.34. The zero-order valence-corrected chi connectivity index (χ0v) is 24.0. The Labute approximate surface area is 209 Å². The van der Waals surface area contributed by atoms with E-state index in [1.54, 1.807) is 0 Å². The second kappa shape index (κ2) is 9.89. The summed E-state index contributed by atoms with van der Waals surface area (Å²) in [5.74, 6) is 0.733. The van der Waals surface area contributed by atoms with Gasteiger partial charge in [0.05, 0.1) is 6.10 Å². The highest BCUT2D eigenvalue weighted by Gasteiger charge is 2.58. The van der Waals surface area contributed by atoms with Gasteiger partial charge >= 0.3 is 0 Å². The van der Waals surface area contributed by atoms with Crippen molar-refractivity contribution in [3.63, 3.8) is 0 Å². The minimum Gasteiger partial charge on any atom is -0.413 e. The van der Waals surface area contributed by atoms with Crippen LogP contribution in [-0.4, -0.2) is 40.1 Å². The van der Waals surface area contributed by atoms with E-state index in [1.807, 2.05) is 21.0 Å². The van der Waals surface area contributed by atoms with Crippen LogP contribution in [0, 0.1) is 17.3 Å². The second-order valence-electron chi connectivity index (χ2n) is 12.7. The maximum absolute atomic E-state index is 13.9. The van der Waals surface area contributed by atoms with E-state index in [9.17, 15) is 9.59 Å². The minimum absolute atomic E-state index is 0.0474. The van der Waals surface area contributed by atoms with E-state index in [-0.39, 0.29) is 34.2 Å². The van der Waals surface area contributed by atoms with Crippen LogP contribution >= 0.6 is 0 Å². The predicted molar refractivity (Wildman–Crippen MR) is 144 cm³/mol. The van der Waals surface area contributed by atoms with Gasteiger partial charge in [-0.3, -0.25) is 9.59 Å². The topological polar surface area (TPSA) is 46.6 Å². The van der Waals surface area contributed by atoms with E-state index < -0.39 is 8.32 Å². The molecule has 2 fully saturated rings. The van der Waals surface area contributed by atoms with Crippen molar-refractivity contribution >= 4 is 25.6 Å². The Morgan fingerprint density at radius 1 is 1.15 bits per heavy atom. The Kier molecular flexibility index (Phi) is 7.89. The van der Waals surface area contributed by atoms with Crippen LogP contribution in [0.2, 0.25) is 18.1 Å². The van der Waals surface area contributed by atoms with Crippen molar-refractivity contribution < 1.29 is 14.0 Å². The van der Waals surface area contributed by atoms with E-state index in [0.717, 1.165) is 30.5 Å². The molecule has 0 aromatic heterocycles. The van der Waals surface area contributed by atoms with Gasteiger partial charge in [-0.15, -0.1) is 0 Å². The number of carbonyl (C=O) groups excluding carboxylic acids is 2. The van der Waals surface area contributed by atoms with Crippen LogP contribution in [0.4, 0.5) is 5.69 Å². The van der Waals surface area contributed by atoms with Gasteiger partial charge < -0.3 is 9.33 Å². The minimum atomic E-state index is -1.94. The molecule has 190 valence electrons. The van der Waals surface area contributed by atoms with Crippen molar-refractivity contribution in [2.24, 2.45) is 17.3 Å². The number of hydrogen-bond acceptors (Lipinski definition) is 4. The van der Waals surface area contributed by atoms with Crippen molar-refractivity contribution in [1.82, 2.24) is 0 Å². The summed E-state index contributed by atoms with van der Waals surface area (Å²) < 4.78 is 7.05. The normalized spacial score (nSPS) is 29.7. The van der Waals surface area contributed by atoms with Crippen molar-refractivity contribution in [2.45, 2.75) is 103 Å². The van der Waals surface area contributed by atoms with Gasteiger partial charge in [0, 0.05) is 44.5 Å². The molecule has 2 aliphatic carbocycles. The molecule has 0 radical (unpaired) electrons. The van der Waals surface area contributed by atoms with Crippen molar-refractivity contribution in [1.29, 1.82) is 0 Å². The number of fused-ring (bicyclic) bond motifs is 1. The molecule has 34 heavy (non-hydrogen) atoms. The molecule has 3 rings (SSSR count). The number of benzene rings is 1. The van der Waals surface area contributed by atoms with Crippen molar-refractivity contribution in [3.05, 3.63) is 29.8 Å². The highest BCUT2D eigenvalue weighted by atomic mass is 28.4. The number of nitrogens with zero attached hydrogens (tertiary/aromatic N) is 1. The maximum atomic E-state index is 13.9. The summed E-state index contributed by atoms with van der Waals surface area (Å²) in [6, 6.07) is 8.50. The fourth-order valence-corrected chi connectivity index (χ4v) is 7.47. The number of ketones is 2. The van der Waals surface area contributed by atoms with E-state index in [1.165, 1.54) is 0 Å². The molecule has 5 heteroatoms. The molecule has 5 atom stereocenters. The van der Waals surface area contributed by atoms with E-state index >= 15 is 0 Å². The van der Waals surface area contributed by atoms with E-state index in [2.05, 4.69) is 70.0 Å². The zero-order valence-electron chi connectivity index (χ0n) is 23.0. The van der Waals surface area contributed by atoms with Crippen LogP contribution < -0.4 is 4.90 Å². The van der Waals surface area contributed by atoms with E-state index in [4.69, 9.17) is 4.43 Å². The molecular weight excluding hydrogens is 438 g/mol. The maximum Gasteiger partial charge on any atom is 0.192 e. The smallest absolute Gasteiger partial charge is 0.192 e. The number of anilines is 1. The first kappa shape index (κ1) is 27.1. The van der Waals surface area contributed by atoms with Crippen LogP contribution in [0.15, 0.2) is 24.3 Å². The molecule has 2 aliphatic rings. The summed E-state index contributed by atoms with van der Waals surface area (Å²) >= 11 is 0. The molecular formula is C29H47NO3Si. The van der Waals surface area contributed by atoms with Gasteiger partial charge in [0.25, 0.3) is 0 Å². The lowest BCUT2D eigenvalue weighted by Gasteiger charge is -2.50. The molecule has 0 N–H and O–H groups in total. The van der Waals surface area contributed by atoms with Crippen molar-refractivity contribution in [2.75, 3.05) is 19.0 Å². The van der Waals surface area contributed by atoms with Gasteiger partial charge in [-0.2, -0.15) is 0 Å². The molecule has 0 amide bonds. The summed E-state index contributed by atoms with van der Waals surface area (Å²) in [4.78, 5) is 28.2. The van der Waals surface area contributed by atoms with E-state index in [0.29, 0.717) is 31.0 Å². The summed E-state index contributed by atoms with van der Waals surface area (Å²) in [7, 11) is 2.13. The summed E-state index contributed by atoms with van der Waals surface area (Å²) in [6.07, 6.45) is 4.82. The highest BCUT2D eigenvalue weighted by molar-refractivity contribution is 6.74. The lowest BCUT2D eigenvalue weighted by molar-refractivity contribution is -0.136. The lowest BCUT2D eigenvalue weighted by Crippen LogP contribution is -2.52. The Hall–Kier alpha value is -1.46. The summed E-state index contributed by atoms with van der Waals surface area (Å²) in [5, 5.41) is 0.153. The summed E-state index contributed by atoms with van der Waals surface area (Å²) in [5.41, 5.74) is 2.20. The third kappa shape index (κ3) is 5.21. The number of hydrogen-bond donors (Lipinski definition) is 0. The molecule has 0 bridgehead atoms. The molecule has 1 aromatic carbocycles. The second-order valence-corrected chi connectivity index (χ2v) is 17.5. The largest absolute Gasteiger partial charge is 0.413 e. The fourth-order valence-electron chi connectivity index (χ4n) is 6.02. The molecule has 1 aromatic rings. The average Bonchev–Trinajstić information content (AvgIpc) is 3.07. The highest BCUT2D eigenvalue weighted by Crippen LogP contribution is 2.59. The number of carbonyl (C=O) groups is 2. The first-order valence-corrected chi connectivity index (χ1v) is 16.1. The number of rotatable bonds is 8. The quantitative estimate of drug-likeness (QED) is 0.372. The van der Waals surface area contributed by atoms with Gasteiger partial charge in [-0.05, 0) is 72.8 Å². The van der Waals surface area contributed by atoms with Gasteiger partial charge in [0.2, 0.25) is 0 Å². The standard InChI is InChI=1S/C29H47NO3Si/c1-10-22(31)15-16-23-25-17-18-26(33-34(8,9)28(2,3)4)29(25,5)19-24(27(23)32)20-11-13-21(14-12-20)30(6)7/h11-14,23-26H,10,15-19H2,1-9H3/t23-,24-,25-,26+,29+/m0/s1. The lowest BCUT2D eigenvalue weighted by atomic mass is 9.57. The molecule has 0 unspecified atom stereocenters. The first-order valence-electron chi connectivity index (χ1n) is 13.2. The molecule has 0 aliphatic heterocycles. The number of Topliss-reactive ketones (excluding diaryl/α,β-unsaturated/α-hetero) is 2. The molecule has 0 saturated heterocycles. The Balaban J connectivity index is 1.96. The van der Waals surface area contributed by atoms with Crippen LogP contribution in [0.3, 0.4) is 0 Å². The monoisotopic (exact) mass is 485 g/mol. The molecule has 0 spiro atoms. The van der Waals surface area contributed by atoms with Gasteiger partial charge in [-0.1, -0.05) is 46.8 Å². The van der Waals surface area contributed by atoms with Crippen LogP contribution in [-0.2, 0) is 14.0 Å². The first-order chi connectivity index (χ1) is 15.7. The fraction of sp³-hybridized carbons (Fsp3) is 0.724. The Morgan fingerprint density at radius 2 is 1.76 bits per heavy atom. The van der Waals surface area contributed by atoms with Gasteiger partial charge in [-0.25, -0.2) is 0 Å². The Morgan fingerprint density at radius 3 is 2.29 bits per heavy atom.